The second-order valence-electron chi connectivity index (χ2n) is 4.30. The molecule has 1 aliphatic carbocycles. The highest BCUT2D eigenvalue weighted by Gasteiger charge is 2.22. The van der Waals surface area contributed by atoms with Crippen LogP contribution in [0.25, 0.3) is 0 Å². The molecule has 86 valence electrons. The van der Waals surface area contributed by atoms with Crippen LogP contribution in [0.3, 0.4) is 0 Å². The van der Waals surface area contributed by atoms with Crippen molar-refractivity contribution in [2.45, 2.75) is 32.2 Å². The number of hydrogen-bond donors (Lipinski definition) is 1. The van der Waals surface area contributed by atoms with Gasteiger partial charge in [0.1, 0.15) is 17.3 Å². The van der Waals surface area contributed by atoms with Gasteiger partial charge in [0, 0.05) is 6.04 Å². The first-order valence-electron chi connectivity index (χ1n) is 5.43. The van der Waals surface area contributed by atoms with Crippen LogP contribution in [-0.2, 0) is 0 Å². The lowest BCUT2D eigenvalue weighted by Gasteiger charge is -2.14. The number of anilines is 1. The number of nitrogens with zero attached hydrogens (tertiary/aromatic N) is 2. The van der Waals surface area contributed by atoms with Gasteiger partial charge in [0.05, 0.1) is 5.56 Å². The summed E-state index contributed by atoms with van der Waals surface area (Å²) >= 11 is 5.82. The minimum Gasteiger partial charge on any atom is -0.367 e. The van der Waals surface area contributed by atoms with E-state index in [0.717, 1.165) is 18.8 Å². The lowest BCUT2D eigenvalue weighted by Crippen LogP contribution is -2.17. The van der Waals surface area contributed by atoms with Crippen LogP contribution in [0.5, 0.6) is 0 Å². The van der Waals surface area contributed by atoms with Crippen molar-refractivity contribution in [1.82, 2.24) is 9.97 Å². The number of aldehydes is 1. The maximum atomic E-state index is 10.9. The molecule has 0 amide bonds. The minimum atomic E-state index is 0.207. The van der Waals surface area contributed by atoms with Gasteiger partial charge in [0.2, 0.25) is 0 Å². The van der Waals surface area contributed by atoms with Gasteiger partial charge in [-0.2, -0.15) is 0 Å². The summed E-state index contributed by atoms with van der Waals surface area (Å²) in [5.41, 5.74) is 0.351. The van der Waals surface area contributed by atoms with Crippen LogP contribution < -0.4 is 5.32 Å². The Hall–Kier alpha value is -1.16. The first kappa shape index (κ1) is 11.3. The van der Waals surface area contributed by atoms with Crippen molar-refractivity contribution < 1.29 is 4.79 Å². The Labute approximate surface area is 99.4 Å². The van der Waals surface area contributed by atoms with Crippen molar-refractivity contribution in [2.24, 2.45) is 5.92 Å². The van der Waals surface area contributed by atoms with Crippen molar-refractivity contribution in [3.8, 4) is 0 Å². The molecule has 0 radical (unpaired) electrons. The van der Waals surface area contributed by atoms with E-state index in [4.69, 9.17) is 11.6 Å². The molecule has 0 spiro atoms. The molecule has 2 unspecified atom stereocenters. The smallest absolute Gasteiger partial charge is 0.156 e. The molecular weight excluding hydrogens is 226 g/mol. The maximum absolute atomic E-state index is 10.9. The largest absolute Gasteiger partial charge is 0.367 e. The molecule has 1 aromatic rings. The van der Waals surface area contributed by atoms with Gasteiger partial charge in [0.15, 0.2) is 6.29 Å². The Morgan fingerprint density at radius 2 is 2.31 bits per heavy atom. The van der Waals surface area contributed by atoms with E-state index in [9.17, 15) is 4.79 Å². The van der Waals surface area contributed by atoms with E-state index in [0.29, 0.717) is 23.7 Å². The highest BCUT2D eigenvalue weighted by molar-refractivity contribution is 6.32. The van der Waals surface area contributed by atoms with Crippen LogP contribution in [-0.4, -0.2) is 22.3 Å². The average Bonchev–Trinajstić information content (AvgIpc) is 2.64. The zero-order valence-electron chi connectivity index (χ0n) is 9.11. The summed E-state index contributed by atoms with van der Waals surface area (Å²) < 4.78 is 0. The quantitative estimate of drug-likeness (QED) is 0.651. The lowest BCUT2D eigenvalue weighted by molar-refractivity contribution is 0.112. The zero-order valence-corrected chi connectivity index (χ0v) is 9.87. The second kappa shape index (κ2) is 4.78. The van der Waals surface area contributed by atoms with Gasteiger partial charge in [-0.3, -0.25) is 4.79 Å². The van der Waals surface area contributed by atoms with Gasteiger partial charge in [-0.1, -0.05) is 18.5 Å². The van der Waals surface area contributed by atoms with Gasteiger partial charge in [-0.25, -0.2) is 9.97 Å². The van der Waals surface area contributed by atoms with Crippen molar-refractivity contribution >= 4 is 23.7 Å². The second-order valence-corrected chi connectivity index (χ2v) is 4.66. The Morgan fingerprint density at radius 3 is 2.94 bits per heavy atom. The summed E-state index contributed by atoms with van der Waals surface area (Å²) in [6.45, 7) is 2.23. The predicted molar refractivity (Wildman–Crippen MR) is 62.9 cm³/mol. The molecule has 2 rings (SSSR count). The topological polar surface area (TPSA) is 54.9 Å². The molecule has 1 N–H and O–H groups in total. The van der Waals surface area contributed by atoms with E-state index >= 15 is 0 Å². The maximum Gasteiger partial charge on any atom is 0.156 e. The molecule has 0 saturated heterocycles. The Bertz CT molecular complexity index is 397. The van der Waals surface area contributed by atoms with Crippen LogP contribution in [0, 0.1) is 5.92 Å². The molecule has 1 aliphatic rings. The van der Waals surface area contributed by atoms with Crippen LogP contribution in [0.15, 0.2) is 6.33 Å². The van der Waals surface area contributed by atoms with Crippen molar-refractivity contribution in [3.05, 3.63) is 17.0 Å². The molecule has 16 heavy (non-hydrogen) atoms. The molecule has 0 aliphatic heterocycles. The number of hydrogen-bond acceptors (Lipinski definition) is 4. The highest BCUT2D eigenvalue weighted by atomic mass is 35.5. The Kier molecular flexibility index (Phi) is 3.39. The van der Waals surface area contributed by atoms with Gasteiger partial charge < -0.3 is 5.32 Å². The Morgan fingerprint density at radius 1 is 1.50 bits per heavy atom. The number of carbonyl (C=O) groups excluding carboxylic acids is 1. The molecular formula is C11H14ClN3O. The first-order valence-corrected chi connectivity index (χ1v) is 5.80. The zero-order chi connectivity index (χ0) is 11.5. The van der Waals surface area contributed by atoms with E-state index in [1.807, 2.05) is 0 Å². The molecule has 1 saturated carbocycles. The Balaban J connectivity index is 2.15. The highest BCUT2D eigenvalue weighted by Crippen LogP contribution is 2.28. The summed E-state index contributed by atoms with van der Waals surface area (Å²) in [5, 5.41) is 3.47. The average molecular weight is 240 g/mol. The van der Waals surface area contributed by atoms with Crippen molar-refractivity contribution in [3.63, 3.8) is 0 Å². The van der Waals surface area contributed by atoms with Crippen molar-refractivity contribution in [2.75, 3.05) is 5.32 Å². The monoisotopic (exact) mass is 239 g/mol. The fourth-order valence-electron chi connectivity index (χ4n) is 2.13. The van der Waals surface area contributed by atoms with Crippen molar-refractivity contribution in [1.29, 1.82) is 0 Å². The fraction of sp³-hybridized carbons (Fsp3) is 0.545. The molecule has 1 aromatic heterocycles. The normalized spacial score (nSPS) is 24.4. The molecule has 1 heterocycles. The third kappa shape index (κ3) is 2.32. The van der Waals surface area contributed by atoms with Crippen LogP contribution in [0.1, 0.15) is 36.5 Å². The molecule has 2 atom stereocenters. The predicted octanol–water partition coefficient (Wildman–Crippen LogP) is 2.54. The number of halogens is 1. The van der Waals surface area contributed by atoms with E-state index < -0.39 is 0 Å². The van der Waals surface area contributed by atoms with Gasteiger partial charge in [0.25, 0.3) is 0 Å². The third-order valence-electron chi connectivity index (χ3n) is 2.99. The number of nitrogens with one attached hydrogen (secondary N) is 1. The fourth-order valence-corrected chi connectivity index (χ4v) is 2.30. The molecule has 0 aromatic carbocycles. The summed E-state index contributed by atoms with van der Waals surface area (Å²) in [6, 6.07) is 0.389. The number of rotatable bonds is 3. The van der Waals surface area contributed by atoms with Gasteiger partial charge in [-0.15, -0.1) is 0 Å². The SMILES string of the molecule is CC1CCC(Nc2ncnc(Cl)c2C=O)C1. The minimum absolute atomic E-state index is 0.207. The number of carbonyl (C=O) groups is 1. The lowest BCUT2D eigenvalue weighted by atomic mass is 10.1. The van der Waals surface area contributed by atoms with Gasteiger partial charge in [-0.05, 0) is 25.2 Å². The van der Waals surface area contributed by atoms with E-state index in [1.165, 1.54) is 12.7 Å². The van der Waals surface area contributed by atoms with Gasteiger partial charge >= 0.3 is 0 Å². The van der Waals surface area contributed by atoms with Crippen LogP contribution in [0.2, 0.25) is 5.15 Å². The van der Waals surface area contributed by atoms with E-state index in [-0.39, 0.29) is 5.15 Å². The van der Waals surface area contributed by atoms with E-state index in [2.05, 4.69) is 22.2 Å². The third-order valence-corrected chi connectivity index (χ3v) is 3.29. The summed E-state index contributed by atoms with van der Waals surface area (Å²) in [6.07, 6.45) is 5.51. The summed E-state index contributed by atoms with van der Waals surface area (Å²) in [4.78, 5) is 18.7. The van der Waals surface area contributed by atoms with Crippen LogP contribution in [0.4, 0.5) is 5.82 Å². The molecule has 0 bridgehead atoms. The standard InChI is InChI=1S/C11H14ClN3O/c1-7-2-3-8(4-7)15-11-9(5-16)10(12)13-6-14-11/h5-8H,2-4H2,1H3,(H,13,14,15). The number of aromatic nitrogens is 2. The summed E-state index contributed by atoms with van der Waals surface area (Å²) in [5.74, 6) is 1.28. The molecule has 4 nitrogen and oxygen atoms in total. The van der Waals surface area contributed by atoms with Crippen LogP contribution >= 0.6 is 11.6 Å². The summed E-state index contributed by atoms with van der Waals surface area (Å²) in [7, 11) is 0. The molecule has 5 heteroatoms. The van der Waals surface area contributed by atoms with E-state index in [1.54, 1.807) is 0 Å². The first-order chi connectivity index (χ1) is 7.70. The molecule has 1 fully saturated rings.